The number of benzene rings is 1. The molecule has 1 N–H and O–H groups in total. The zero-order chi connectivity index (χ0) is 14.9. The predicted octanol–water partition coefficient (Wildman–Crippen LogP) is 3.44. The maximum Gasteiger partial charge on any atom is 0.220 e. The van der Waals surface area contributed by atoms with Crippen molar-refractivity contribution in [3.63, 3.8) is 0 Å². The Hall–Kier alpha value is -1.81. The second kappa shape index (κ2) is 8.47. The number of carbonyl (C=O) groups is 1. The van der Waals surface area contributed by atoms with Crippen molar-refractivity contribution in [2.45, 2.75) is 25.7 Å². The molecule has 1 heterocycles. The number of aryl methyl sites for hydroxylation is 2. The van der Waals surface area contributed by atoms with Crippen molar-refractivity contribution < 1.29 is 9.53 Å². The lowest BCUT2D eigenvalue weighted by atomic mass is 10.1. The molecule has 2 rings (SSSR count). The van der Waals surface area contributed by atoms with Crippen molar-refractivity contribution in [1.82, 2.24) is 5.32 Å². The number of hydrogen-bond donors (Lipinski definition) is 1. The van der Waals surface area contributed by atoms with Crippen LogP contribution in [0.1, 0.15) is 23.3 Å². The summed E-state index contributed by atoms with van der Waals surface area (Å²) in [6.07, 6.45) is 3.33. The number of ether oxygens (including phenoxy) is 1. The van der Waals surface area contributed by atoms with Crippen LogP contribution in [0.3, 0.4) is 0 Å². The van der Waals surface area contributed by atoms with Crippen molar-refractivity contribution in [3.05, 3.63) is 52.2 Å². The van der Waals surface area contributed by atoms with E-state index in [2.05, 4.69) is 23.5 Å². The Labute approximate surface area is 130 Å². The van der Waals surface area contributed by atoms with E-state index < -0.39 is 0 Å². The van der Waals surface area contributed by atoms with Crippen LogP contribution in [-0.4, -0.2) is 19.6 Å². The highest BCUT2D eigenvalue weighted by Gasteiger charge is 2.02. The summed E-state index contributed by atoms with van der Waals surface area (Å²) in [4.78, 5) is 13.0. The molecule has 0 atom stereocenters. The number of carbonyl (C=O) groups excluding carboxylic acids is 1. The molecule has 112 valence electrons. The monoisotopic (exact) mass is 303 g/mol. The number of rotatable bonds is 8. The van der Waals surface area contributed by atoms with Gasteiger partial charge in [-0.1, -0.05) is 18.2 Å². The average molecular weight is 303 g/mol. The highest BCUT2D eigenvalue weighted by atomic mass is 32.1. The second-order valence-corrected chi connectivity index (χ2v) is 5.91. The van der Waals surface area contributed by atoms with E-state index in [1.54, 1.807) is 18.4 Å². The van der Waals surface area contributed by atoms with E-state index in [0.29, 0.717) is 6.42 Å². The van der Waals surface area contributed by atoms with Crippen LogP contribution in [0.5, 0.6) is 5.75 Å². The van der Waals surface area contributed by atoms with Gasteiger partial charge in [0, 0.05) is 17.8 Å². The van der Waals surface area contributed by atoms with Gasteiger partial charge < -0.3 is 10.1 Å². The smallest absolute Gasteiger partial charge is 0.220 e. The van der Waals surface area contributed by atoms with E-state index in [-0.39, 0.29) is 5.91 Å². The molecule has 2 aromatic rings. The summed E-state index contributed by atoms with van der Waals surface area (Å²) in [5, 5.41) is 5.02. The molecule has 1 aromatic heterocycles. The molecule has 0 saturated heterocycles. The summed E-state index contributed by atoms with van der Waals surface area (Å²) in [5.41, 5.74) is 1.27. The number of nitrogens with one attached hydrogen (secondary N) is 1. The molecule has 0 bridgehead atoms. The van der Waals surface area contributed by atoms with E-state index in [1.807, 2.05) is 23.6 Å². The van der Waals surface area contributed by atoms with Crippen molar-refractivity contribution in [2.75, 3.05) is 13.7 Å². The lowest BCUT2D eigenvalue weighted by Gasteiger charge is -2.06. The molecule has 0 fully saturated rings. The molecule has 0 aliphatic rings. The van der Waals surface area contributed by atoms with Gasteiger partial charge in [-0.05, 0) is 48.4 Å². The summed E-state index contributed by atoms with van der Waals surface area (Å²) in [6, 6.07) is 12.2. The highest BCUT2D eigenvalue weighted by Crippen LogP contribution is 2.12. The fourth-order valence-electron chi connectivity index (χ4n) is 2.09. The third kappa shape index (κ3) is 5.60. The van der Waals surface area contributed by atoms with Crippen LogP contribution < -0.4 is 10.1 Å². The molecular weight excluding hydrogens is 282 g/mol. The van der Waals surface area contributed by atoms with Gasteiger partial charge in [0.25, 0.3) is 0 Å². The lowest BCUT2D eigenvalue weighted by Crippen LogP contribution is -2.24. The quantitative estimate of drug-likeness (QED) is 0.759. The Bertz CT molecular complexity index is 534. The first-order valence-corrected chi connectivity index (χ1v) is 8.08. The minimum atomic E-state index is 0.137. The van der Waals surface area contributed by atoms with Gasteiger partial charge in [-0.3, -0.25) is 4.79 Å². The summed E-state index contributed by atoms with van der Waals surface area (Å²) in [7, 11) is 1.67. The van der Waals surface area contributed by atoms with Crippen LogP contribution in [0.2, 0.25) is 0 Å². The molecule has 21 heavy (non-hydrogen) atoms. The maximum absolute atomic E-state index is 11.7. The molecular formula is C17H21NO2S. The van der Waals surface area contributed by atoms with Gasteiger partial charge in [-0.25, -0.2) is 0 Å². The predicted molar refractivity (Wildman–Crippen MR) is 87.0 cm³/mol. The molecule has 4 heteroatoms. The number of hydrogen-bond acceptors (Lipinski definition) is 3. The third-order valence-electron chi connectivity index (χ3n) is 3.30. The van der Waals surface area contributed by atoms with Gasteiger partial charge in [-0.15, -0.1) is 11.3 Å². The molecule has 1 amide bonds. The van der Waals surface area contributed by atoms with Crippen LogP contribution in [-0.2, 0) is 17.6 Å². The summed E-state index contributed by atoms with van der Waals surface area (Å²) < 4.78 is 5.13. The van der Waals surface area contributed by atoms with Gasteiger partial charge in [0.1, 0.15) is 5.75 Å². The Morgan fingerprint density at radius 2 is 2.00 bits per heavy atom. The lowest BCUT2D eigenvalue weighted by molar-refractivity contribution is -0.121. The van der Waals surface area contributed by atoms with Gasteiger partial charge in [-0.2, -0.15) is 0 Å². The largest absolute Gasteiger partial charge is 0.497 e. The van der Waals surface area contributed by atoms with Crippen molar-refractivity contribution >= 4 is 17.2 Å². The molecule has 3 nitrogen and oxygen atoms in total. The normalized spacial score (nSPS) is 10.3. The first-order chi connectivity index (χ1) is 10.3. The molecule has 0 unspecified atom stereocenters. The van der Waals surface area contributed by atoms with Crippen LogP contribution in [0.4, 0.5) is 0 Å². The first kappa shape index (κ1) is 15.6. The molecule has 0 radical (unpaired) electrons. The van der Waals surface area contributed by atoms with Crippen LogP contribution in [0, 0.1) is 0 Å². The molecule has 0 aliphatic carbocycles. The van der Waals surface area contributed by atoms with Gasteiger partial charge in [0.2, 0.25) is 5.91 Å². The molecule has 1 aromatic carbocycles. The highest BCUT2D eigenvalue weighted by molar-refractivity contribution is 7.09. The third-order valence-corrected chi connectivity index (χ3v) is 4.24. The molecule has 0 aliphatic heterocycles. The number of thiophene rings is 1. The van der Waals surface area contributed by atoms with Crippen LogP contribution in [0.15, 0.2) is 41.8 Å². The standard InChI is InChI=1S/C17H21NO2S/c1-20-15-8-6-14(7-9-15)4-2-12-18-17(19)11-10-16-5-3-13-21-16/h3,5-9,13H,2,4,10-12H2,1H3,(H,18,19). The van der Waals surface area contributed by atoms with E-state index in [4.69, 9.17) is 4.74 Å². The van der Waals surface area contributed by atoms with E-state index in [1.165, 1.54) is 10.4 Å². The topological polar surface area (TPSA) is 38.3 Å². The summed E-state index contributed by atoms with van der Waals surface area (Å²) in [5.74, 6) is 1.01. The number of methoxy groups -OCH3 is 1. The Morgan fingerprint density at radius 1 is 1.19 bits per heavy atom. The fourth-order valence-corrected chi connectivity index (χ4v) is 2.80. The first-order valence-electron chi connectivity index (χ1n) is 7.20. The van der Waals surface area contributed by atoms with Crippen LogP contribution in [0.25, 0.3) is 0 Å². The minimum Gasteiger partial charge on any atom is -0.497 e. The average Bonchev–Trinajstić information content (AvgIpc) is 3.03. The number of amides is 1. The second-order valence-electron chi connectivity index (χ2n) is 4.88. The Kier molecular flexibility index (Phi) is 6.28. The SMILES string of the molecule is COc1ccc(CCCNC(=O)CCc2cccs2)cc1. The summed E-state index contributed by atoms with van der Waals surface area (Å²) >= 11 is 1.70. The maximum atomic E-state index is 11.7. The van der Waals surface area contributed by atoms with Gasteiger partial charge >= 0.3 is 0 Å². The van der Waals surface area contributed by atoms with E-state index in [9.17, 15) is 4.79 Å². The molecule has 0 spiro atoms. The van der Waals surface area contributed by atoms with Gasteiger partial charge in [0.05, 0.1) is 7.11 Å². The van der Waals surface area contributed by atoms with E-state index in [0.717, 1.165) is 31.6 Å². The minimum absolute atomic E-state index is 0.137. The van der Waals surface area contributed by atoms with Crippen molar-refractivity contribution in [3.8, 4) is 5.75 Å². The van der Waals surface area contributed by atoms with E-state index >= 15 is 0 Å². The van der Waals surface area contributed by atoms with Crippen LogP contribution >= 0.6 is 11.3 Å². The molecule has 0 saturated carbocycles. The van der Waals surface area contributed by atoms with Gasteiger partial charge in [0.15, 0.2) is 0 Å². The van der Waals surface area contributed by atoms with Crippen molar-refractivity contribution in [2.24, 2.45) is 0 Å². The Balaban J connectivity index is 1.59. The zero-order valence-electron chi connectivity index (χ0n) is 12.3. The zero-order valence-corrected chi connectivity index (χ0v) is 13.1. The summed E-state index contributed by atoms with van der Waals surface area (Å²) in [6.45, 7) is 0.731. The fraction of sp³-hybridized carbons (Fsp3) is 0.353. The van der Waals surface area contributed by atoms with Crippen molar-refractivity contribution in [1.29, 1.82) is 0 Å². The Morgan fingerprint density at radius 3 is 2.67 bits per heavy atom.